The van der Waals surface area contributed by atoms with Gasteiger partial charge in [0.1, 0.15) is 12.2 Å². The largest absolute Gasteiger partial charge is 0.493 e. The van der Waals surface area contributed by atoms with Crippen LogP contribution in [-0.4, -0.2) is 67.9 Å². The van der Waals surface area contributed by atoms with Gasteiger partial charge < -0.3 is 14.9 Å². The molecule has 4 heterocycles. The quantitative estimate of drug-likeness (QED) is 0.698. The highest BCUT2D eigenvalue weighted by atomic mass is 19.4. The Morgan fingerprint density at radius 1 is 1.30 bits per heavy atom. The fourth-order valence-corrected chi connectivity index (χ4v) is 3.58. The van der Waals surface area contributed by atoms with E-state index in [0.29, 0.717) is 42.2 Å². The number of carbonyl (C=O) groups is 1. The molecular formula is C19H19F3N6O2. The number of likely N-dealkylation sites (N-methyl/N-ethyl adjacent to an activating group) is 1. The molecule has 1 atom stereocenters. The van der Waals surface area contributed by atoms with Crippen LogP contribution in [0.1, 0.15) is 12.8 Å². The molecule has 11 heteroatoms. The second kappa shape index (κ2) is 7.47. The van der Waals surface area contributed by atoms with Crippen molar-refractivity contribution in [2.24, 2.45) is 0 Å². The van der Waals surface area contributed by atoms with Crippen LogP contribution < -0.4 is 4.90 Å². The van der Waals surface area contributed by atoms with E-state index in [2.05, 4.69) is 15.1 Å². The number of fused-ring (bicyclic) bond motifs is 1. The van der Waals surface area contributed by atoms with E-state index in [-0.39, 0.29) is 11.9 Å². The molecule has 0 radical (unpaired) electrons. The van der Waals surface area contributed by atoms with Gasteiger partial charge in [-0.2, -0.15) is 13.2 Å². The molecule has 1 unspecified atom stereocenters. The molecule has 3 aromatic rings. The number of aromatic hydroxyl groups is 1. The molecule has 3 aromatic heterocycles. The van der Waals surface area contributed by atoms with E-state index in [1.54, 1.807) is 35.0 Å². The third-order valence-electron chi connectivity index (χ3n) is 5.19. The first kappa shape index (κ1) is 19.9. The van der Waals surface area contributed by atoms with Gasteiger partial charge in [0.25, 0.3) is 0 Å². The Balaban J connectivity index is 1.55. The number of anilines is 1. The normalized spacial score (nSPS) is 16.9. The maximum absolute atomic E-state index is 12.5. The van der Waals surface area contributed by atoms with Gasteiger partial charge in [-0.25, -0.2) is 14.5 Å². The summed E-state index contributed by atoms with van der Waals surface area (Å²) in [5.74, 6) is -0.483. The van der Waals surface area contributed by atoms with Crippen molar-refractivity contribution in [1.29, 1.82) is 0 Å². The smallest absolute Gasteiger partial charge is 0.397 e. The summed E-state index contributed by atoms with van der Waals surface area (Å²) < 4.78 is 39.1. The molecular weight excluding hydrogens is 401 g/mol. The lowest BCUT2D eigenvalue weighted by atomic mass is 10.2. The summed E-state index contributed by atoms with van der Waals surface area (Å²) in [7, 11) is 1.40. The molecule has 1 fully saturated rings. The summed E-state index contributed by atoms with van der Waals surface area (Å²) in [5, 5.41) is 14.6. The second-order valence-electron chi connectivity index (χ2n) is 7.16. The second-order valence-corrected chi connectivity index (χ2v) is 7.16. The van der Waals surface area contributed by atoms with E-state index in [1.165, 1.54) is 18.1 Å². The fourth-order valence-electron chi connectivity index (χ4n) is 3.58. The minimum Gasteiger partial charge on any atom is -0.493 e. The third kappa shape index (κ3) is 3.87. The highest BCUT2D eigenvalue weighted by Gasteiger charge is 2.36. The summed E-state index contributed by atoms with van der Waals surface area (Å²) in [4.78, 5) is 23.1. The van der Waals surface area contributed by atoms with Crippen LogP contribution in [0.2, 0.25) is 0 Å². The number of amides is 1. The average Bonchev–Trinajstić information content (AvgIpc) is 3.33. The van der Waals surface area contributed by atoms with Crippen LogP contribution in [0.25, 0.3) is 16.9 Å². The zero-order valence-corrected chi connectivity index (χ0v) is 16.0. The van der Waals surface area contributed by atoms with E-state index in [4.69, 9.17) is 0 Å². The number of imidazole rings is 1. The summed E-state index contributed by atoms with van der Waals surface area (Å²) in [6, 6.07) is 6.60. The number of carbonyl (C=O) groups excluding carboxylic acids is 1. The summed E-state index contributed by atoms with van der Waals surface area (Å²) in [6.45, 7) is 0.926. The van der Waals surface area contributed by atoms with Crippen molar-refractivity contribution in [3.63, 3.8) is 0 Å². The Hall–Kier alpha value is -3.37. The van der Waals surface area contributed by atoms with Gasteiger partial charge in [-0.05, 0) is 30.7 Å². The van der Waals surface area contributed by atoms with Crippen LogP contribution in [0.3, 0.4) is 0 Å². The molecule has 1 N–H and O–H groups in total. The lowest BCUT2D eigenvalue weighted by molar-refractivity contribution is -0.161. The number of hydrogen-bond donors (Lipinski definition) is 1. The Kier molecular flexibility index (Phi) is 4.96. The zero-order chi connectivity index (χ0) is 21.5. The van der Waals surface area contributed by atoms with E-state index in [1.807, 2.05) is 4.90 Å². The predicted molar refractivity (Wildman–Crippen MR) is 102 cm³/mol. The summed E-state index contributed by atoms with van der Waals surface area (Å²) >= 11 is 0. The Morgan fingerprint density at radius 3 is 2.83 bits per heavy atom. The van der Waals surface area contributed by atoms with Crippen molar-refractivity contribution in [2.75, 3.05) is 25.0 Å². The molecule has 0 spiro atoms. The molecule has 0 bridgehead atoms. The number of nitrogens with zero attached hydrogens (tertiary/aromatic N) is 6. The van der Waals surface area contributed by atoms with Crippen LogP contribution in [-0.2, 0) is 4.79 Å². The van der Waals surface area contributed by atoms with E-state index in [9.17, 15) is 23.1 Å². The predicted octanol–water partition coefficient (Wildman–Crippen LogP) is 2.49. The van der Waals surface area contributed by atoms with Crippen molar-refractivity contribution >= 4 is 17.4 Å². The number of hydrogen-bond acceptors (Lipinski definition) is 6. The average molecular weight is 420 g/mol. The summed E-state index contributed by atoms with van der Waals surface area (Å²) in [6.07, 6.45) is -2.38. The standard InChI is InChI=1S/C19H19F3N6O2/c1-26(17(29)9-19(20,21)22)12-6-8-27(11-12)16-5-4-15-24-10-14(28(15)25-16)13-3-2-7-23-18(13)30/h2-5,7,10,12H,6,8-9,11H2,1H3,(H,23,30). The van der Waals surface area contributed by atoms with Gasteiger partial charge in [0.05, 0.1) is 23.5 Å². The number of alkyl halides is 3. The fraction of sp³-hybridized carbons (Fsp3) is 0.368. The van der Waals surface area contributed by atoms with Gasteiger partial charge in [-0.15, -0.1) is 5.10 Å². The first-order valence-corrected chi connectivity index (χ1v) is 9.29. The highest BCUT2D eigenvalue weighted by Crippen LogP contribution is 2.29. The lowest BCUT2D eigenvalue weighted by Gasteiger charge is -2.25. The summed E-state index contributed by atoms with van der Waals surface area (Å²) in [5.41, 5.74) is 1.61. The van der Waals surface area contributed by atoms with Gasteiger partial charge >= 0.3 is 6.18 Å². The Morgan fingerprint density at radius 2 is 2.10 bits per heavy atom. The zero-order valence-electron chi connectivity index (χ0n) is 16.0. The van der Waals surface area contributed by atoms with Gasteiger partial charge in [0.15, 0.2) is 5.65 Å². The number of rotatable bonds is 4. The van der Waals surface area contributed by atoms with Crippen molar-refractivity contribution < 1.29 is 23.1 Å². The van der Waals surface area contributed by atoms with Crippen LogP contribution in [0, 0.1) is 0 Å². The van der Waals surface area contributed by atoms with E-state index < -0.39 is 18.5 Å². The Labute approximate surface area is 169 Å². The molecule has 0 aliphatic carbocycles. The number of pyridine rings is 1. The van der Waals surface area contributed by atoms with Gasteiger partial charge in [-0.3, -0.25) is 4.79 Å². The van der Waals surface area contributed by atoms with Gasteiger partial charge in [0.2, 0.25) is 11.8 Å². The van der Waals surface area contributed by atoms with Crippen molar-refractivity contribution in [3.05, 3.63) is 36.7 Å². The van der Waals surface area contributed by atoms with Crippen molar-refractivity contribution in [3.8, 4) is 17.1 Å². The lowest BCUT2D eigenvalue weighted by Crippen LogP contribution is -2.40. The van der Waals surface area contributed by atoms with Crippen LogP contribution in [0.4, 0.5) is 19.0 Å². The molecule has 0 aromatic carbocycles. The number of aromatic nitrogens is 4. The van der Waals surface area contributed by atoms with Crippen LogP contribution in [0.15, 0.2) is 36.7 Å². The Bertz CT molecular complexity index is 1080. The molecule has 1 amide bonds. The molecule has 1 saturated heterocycles. The molecule has 30 heavy (non-hydrogen) atoms. The third-order valence-corrected chi connectivity index (χ3v) is 5.19. The SMILES string of the molecule is CN(C(=O)CC(F)(F)F)C1CCN(c2ccc3ncc(-c4cccnc4O)n3n2)C1. The highest BCUT2D eigenvalue weighted by molar-refractivity contribution is 5.77. The monoisotopic (exact) mass is 420 g/mol. The molecule has 0 saturated carbocycles. The first-order valence-electron chi connectivity index (χ1n) is 9.29. The van der Waals surface area contributed by atoms with E-state index in [0.717, 1.165) is 0 Å². The van der Waals surface area contributed by atoms with Crippen molar-refractivity contribution in [1.82, 2.24) is 24.5 Å². The van der Waals surface area contributed by atoms with Crippen LogP contribution >= 0.6 is 0 Å². The van der Waals surface area contributed by atoms with Gasteiger partial charge in [0, 0.05) is 26.3 Å². The molecule has 1 aliphatic heterocycles. The molecule has 158 valence electrons. The molecule has 4 rings (SSSR count). The van der Waals surface area contributed by atoms with Crippen molar-refractivity contribution in [2.45, 2.75) is 25.1 Å². The first-order chi connectivity index (χ1) is 14.2. The molecule has 1 aliphatic rings. The van der Waals surface area contributed by atoms with E-state index >= 15 is 0 Å². The van der Waals surface area contributed by atoms with Crippen LogP contribution in [0.5, 0.6) is 5.88 Å². The maximum Gasteiger partial charge on any atom is 0.397 e. The maximum atomic E-state index is 12.5. The minimum absolute atomic E-state index is 0.141. The topological polar surface area (TPSA) is 86.9 Å². The minimum atomic E-state index is -4.52. The number of halogens is 3. The van der Waals surface area contributed by atoms with Gasteiger partial charge in [-0.1, -0.05) is 0 Å². The molecule has 8 nitrogen and oxygen atoms in total.